The molecule has 8 heteroatoms. The summed E-state index contributed by atoms with van der Waals surface area (Å²) >= 11 is 1.48. The Morgan fingerprint density at radius 1 is 1.12 bits per heavy atom. The zero-order valence-electron chi connectivity index (χ0n) is 17.6. The van der Waals surface area contributed by atoms with Crippen LogP contribution < -0.4 is 4.74 Å². The molecule has 0 N–H and O–H groups in total. The van der Waals surface area contributed by atoms with Gasteiger partial charge in [-0.2, -0.15) is 5.10 Å². The zero-order chi connectivity index (χ0) is 21.7. The third kappa shape index (κ3) is 2.94. The summed E-state index contributed by atoms with van der Waals surface area (Å²) in [6.07, 6.45) is 6.82. The molecule has 160 valence electrons. The molecule has 6 rings (SSSR count). The summed E-state index contributed by atoms with van der Waals surface area (Å²) in [5.41, 5.74) is 4.29. The number of para-hydroxylation sites is 1. The van der Waals surface area contributed by atoms with Crippen molar-refractivity contribution in [2.75, 3.05) is 13.1 Å². The van der Waals surface area contributed by atoms with Crippen LogP contribution in [0, 0.1) is 0 Å². The van der Waals surface area contributed by atoms with Crippen molar-refractivity contribution in [3.63, 3.8) is 0 Å². The van der Waals surface area contributed by atoms with Gasteiger partial charge in [0.15, 0.2) is 0 Å². The highest BCUT2D eigenvalue weighted by atomic mass is 32.1. The van der Waals surface area contributed by atoms with Gasteiger partial charge in [-0.1, -0.05) is 12.1 Å². The highest BCUT2D eigenvalue weighted by Gasteiger charge is 2.46. The van der Waals surface area contributed by atoms with Crippen LogP contribution in [0.1, 0.15) is 28.9 Å². The summed E-state index contributed by atoms with van der Waals surface area (Å²) in [6.45, 7) is 1.22. The molecule has 1 amide bonds. The second-order valence-electron chi connectivity index (χ2n) is 8.19. The smallest absolute Gasteiger partial charge is 0.273 e. The number of amides is 1. The predicted octanol–water partition coefficient (Wildman–Crippen LogP) is 4.13. The maximum atomic E-state index is 13.2. The van der Waals surface area contributed by atoms with Gasteiger partial charge in [-0.3, -0.25) is 14.5 Å². The largest absolute Gasteiger partial charge is 0.482 e. The van der Waals surface area contributed by atoms with Crippen LogP contribution in [0.2, 0.25) is 0 Å². The Morgan fingerprint density at radius 3 is 2.72 bits per heavy atom. The van der Waals surface area contributed by atoms with E-state index in [0.717, 1.165) is 33.1 Å². The van der Waals surface area contributed by atoms with Crippen LogP contribution in [0.3, 0.4) is 0 Å². The number of nitrogens with zero attached hydrogens (tertiary/aromatic N) is 5. The van der Waals surface area contributed by atoms with Crippen LogP contribution in [0.25, 0.3) is 21.8 Å². The molecular formula is C24H21N5O2S. The molecule has 1 aromatic carbocycles. The molecule has 0 bridgehead atoms. The Labute approximate surface area is 189 Å². The van der Waals surface area contributed by atoms with Crippen molar-refractivity contribution >= 4 is 17.2 Å². The summed E-state index contributed by atoms with van der Waals surface area (Å²) < 4.78 is 8.51. The number of rotatable bonds is 2. The van der Waals surface area contributed by atoms with Crippen molar-refractivity contribution in [2.45, 2.75) is 18.4 Å². The fraction of sp³-hybridized carbons (Fsp3) is 0.250. The SMILES string of the molecule is Cn1ncc2c1-c1ccccc1OC21CCN(C(=O)c2csc(-c3ccncc3)n2)CC1. The molecule has 1 fully saturated rings. The number of aromatic nitrogens is 4. The van der Waals surface area contributed by atoms with E-state index in [1.807, 2.05) is 58.5 Å². The first-order valence-corrected chi connectivity index (χ1v) is 11.5. The Balaban J connectivity index is 1.24. The molecule has 0 saturated carbocycles. The van der Waals surface area contributed by atoms with Crippen LogP contribution >= 0.6 is 11.3 Å². The maximum absolute atomic E-state index is 13.2. The zero-order valence-corrected chi connectivity index (χ0v) is 18.4. The van der Waals surface area contributed by atoms with Gasteiger partial charge in [-0.25, -0.2) is 4.98 Å². The van der Waals surface area contributed by atoms with Crippen molar-refractivity contribution in [1.82, 2.24) is 24.6 Å². The van der Waals surface area contributed by atoms with Gasteiger partial charge < -0.3 is 9.64 Å². The molecule has 7 nitrogen and oxygen atoms in total. The molecule has 0 unspecified atom stereocenters. The number of hydrogen-bond donors (Lipinski definition) is 0. The van der Waals surface area contributed by atoms with E-state index in [2.05, 4.69) is 21.1 Å². The van der Waals surface area contributed by atoms with Crippen molar-refractivity contribution < 1.29 is 9.53 Å². The van der Waals surface area contributed by atoms with Crippen molar-refractivity contribution in [3.05, 3.63) is 71.6 Å². The number of benzene rings is 1. The van der Waals surface area contributed by atoms with Crippen molar-refractivity contribution in [1.29, 1.82) is 0 Å². The number of likely N-dealkylation sites (tertiary alicyclic amines) is 1. The van der Waals surface area contributed by atoms with Gasteiger partial charge in [0.2, 0.25) is 0 Å². The van der Waals surface area contributed by atoms with Crippen LogP contribution in [0.5, 0.6) is 5.75 Å². The fourth-order valence-corrected chi connectivity index (χ4v) is 5.51. The number of piperidine rings is 1. The molecule has 1 saturated heterocycles. The second-order valence-corrected chi connectivity index (χ2v) is 9.05. The number of fused-ring (bicyclic) bond motifs is 4. The molecule has 0 atom stereocenters. The topological polar surface area (TPSA) is 73.1 Å². The summed E-state index contributed by atoms with van der Waals surface area (Å²) in [6, 6.07) is 11.9. The van der Waals surface area contributed by atoms with E-state index in [9.17, 15) is 4.79 Å². The van der Waals surface area contributed by atoms with E-state index >= 15 is 0 Å². The number of carbonyl (C=O) groups is 1. The van der Waals surface area contributed by atoms with Gasteiger partial charge in [0.25, 0.3) is 5.91 Å². The molecule has 1 spiro atoms. The average Bonchev–Trinajstić information content (AvgIpc) is 3.48. The Kier molecular flexibility index (Phi) is 4.36. The van der Waals surface area contributed by atoms with Crippen LogP contribution in [-0.4, -0.2) is 43.6 Å². The number of thiazole rings is 1. The van der Waals surface area contributed by atoms with Gasteiger partial charge >= 0.3 is 0 Å². The van der Waals surface area contributed by atoms with E-state index < -0.39 is 5.60 Å². The Morgan fingerprint density at radius 2 is 1.91 bits per heavy atom. The highest BCUT2D eigenvalue weighted by molar-refractivity contribution is 7.13. The molecular weight excluding hydrogens is 422 g/mol. The number of ether oxygens (including phenoxy) is 1. The third-order valence-corrected chi connectivity index (χ3v) is 7.28. The first-order chi connectivity index (χ1) is 15.6. The van der Waals surface area contributed by atoms with Gasteiger partial charge in [0, 0.05) is 67.4 Å². The standard InChI is InChI=1S/C24H21N5O2S/c1-28-21-17-4-2-3-5-20(17)31-24(18(21)14-26-28)8-12-29(13-9-24)23(30)19-15-32-22(27-19)16-6-10-25-11-7-16/h2-7,10-11,14-15H,8-9,12-13H2,1H3. The highest BCUT2D eigenvalue weighted by Crippen LogP contribution is 2.49. The Hall–Kier alpha value is -3.52. The lowest BCUT2D eigenvalue weighted by molar-refractivity contribution is -0.00187. The summed E-state index contributed by atoms with van der Waals surface area (Å²) in [7, 11) is 1.97. The van der Waals surface area contributed by atoms with Crippen LogP contribution in [0.4, 0.5) is 0 Å². The van der Waals surface area contributed by atoms with Gasteiger partial charge in [0.05, 0.1) is 11.9 Å². The monoisotopic (exact) mass is 443 g/mol. The molecule has 2 aliphatic rings. The van der Waals surface area contributed by atoms with Crippen LogP contribution in [0.15, 0.2) is 60.4 Å². The van der Waals surface area contributed by atoms with Crippen LogP contribution in [-0.2, 0) is 12.6 Å². The number of pyridine rings is 1. The molecule has 32 heavy (non-hydrogen) atoms. The third-order valence-electron chi connectivity index (χ3n) is 6.39. The number of aryl methyl sites for hydroxylation is 1. The van der Waals surface area contributed by atoms with E-state index in [1.54, 1.807) is 12.4 Å². The lowest BCUT2D eigenvalue weighted by Gasteiger charge is -2.44. The lowest BCUT2D eigenvalue weighted by Crippen LogP contribution is -2.49. The summed E-state index contributed by atoms with van der Waals surface area (Å²) in [4.78, 5) is 23.7. The molecule has 0 radical (unpaired) electrons. The summed E-state index contributed by atoms with van der Waals surface area (Å²) in [5, 5.41) is 7.20. The molecule has 2 aliphatic heterocycles. The quantitative estimate of drug-likeness (QED) is 0.466. The van der Waals surface area contributed by atoms with E-state index in [0.29, 0.717) is 31.6 Å². The molecule has 0 aliphatic carbocycles. The maximum Gasteiger partial charge on any atom is 0.273 e. The molecule has 5 heterocycles. The molecule has 4 aromatic rings. The predicted molar refractivity (Wildman–Crippen MR) is 121 cm³/mol. The minimum absolute atomic E-state index is 0.0287. The molecule has 3 aromatic heterocycles. The van der Waals surface area contributed by atoms with E-state index in [1.165, 1.54) is 11.3 Å². The number of carbonyl (C=O) groups excluding carboxylic acids is 1. The van der Waals surface area contributed by atoms with Gasteiger partial charge in [0.1, 0.15) is 22.1 Å². The van der Waals surface area contributed by atoms with Crippen molar-refractivity contribution in [3.8, 4) is 27.6 Å². The first-order valence-electron chi connectivity index (χ1n) is 10.6. The van der Waals surface area contributed by atoms with Gasteiger partial charge in [-0.05, 0) is 24.3 Å². The Bertz CT molecular complexity index is 1300. The number of hydrogen-bond acceptors (Lipinski definition) is 6. The summed E-state index contributed by atoms with van der Waals surface area (Å²) in [5.74, 6) is 0.851. The minimum Gasteiger partial charge on any atom is -0.482 e. The second kappa shape index (κ2) is 7.27. The fourth-order valence-electron chi connectivity index (χ4n) is 4.71. The average molecular weight is 444 g/mol. The van der Waals surface area contributed by atoms with E-state index in [4.69, 9.17) is 4.74 Å². The lowest BCUT2D eigenvalue weighted by atomic mass is 9.81. The van der Waals surface area contributed by atoms with Crippen molar-refractivity contribution in [2.24, 2.45) is 7.05 Å². The first kappa shape index (κ1) is 19.2. The van der Waals surface area contributed by atoms with E-state index in [-0.39, 0.29) is 5.91 Å². The minimum atomic E-state index is -0.459. The van der Waals surface area contributed by atoms with Gasteiger partial charge in [-0.15, -0.1) is 11.3 Å². The normalized spacial score (nSPS) is 16.3.